The van der Waals surface area contributed by atoms with Gasteiger partial charge >= 0.3 is 0 Å². The Morgan fingerprint density at radius 3 is 2.81 bits per heavy atom. The van der Waals surface area contributed by atoms with Crippen LogP contribution < -0.4 is 0 Å². The van der Waals surface area contributed by atoms with Gasteiger partial charge in [0, 0.05) is 19.6 Å². The summed E-state index contributed by atoms with van der Waals surface area (Å²) in [7, 11) is 0. The number of aliphatic hydroxyl groups excluding tert-OH is 1. The van der Waals surface area contributed by atoms with E-state index in [1.165, 1.54) is 0 Å². The molecule has 2 aliphatic heterocycles. The van der Waals surface area contributed by atoms with Gasteiger partial charge < -0.3 is 14.6 Å². The topological polar surface area (TPSA) is 41.9 Å². The van der Waals surface area contributed by atoms with Gasteiger partial charge in [-0.15, -0.1) is 0 Å². The van der Waals surface area contributed by atoms with E-state index in [2.05, 4.69) is 18.7 Å². The molecule has 2 aliphatic rings. The average molecular weight is 229 g/mol. The van der Waals surface area contributed by atoms with Crippen molar-refractivity contribution in [1.82, 2.24) is 4.90 Å². The van der Waals surface area contributed by atoms with E-state index in [-0.39, 0.29) is 18.3 Å². The van der Waals surface area contributed by atoms with Crippen LogP contribution in [0.1, 0.15) is 26.7 Å². The molecule has 0 saturated carbocycles. The molecule has 1 N–H and O–H groups in total. The molecule has 4 heteroatoms. The van der Waals surface area contributed by atoms with Crippen LogP contribution in [0.4, 0.5) is 0 Å². The third-order valence-corrected chi connectivity index (χ3v) is 3.44. The smallest absolute Gasteiger partial charge is 0.0932 e. The Bertz CT molecular complexity index is 232. The largest absolute Gasteiger partial charge is 0.394 e. The van der Waals surface area contributed by atoms with E-state index in [0.717, 1.165) is 39.1 Å². The summed E-state index contributed by atoms with van der Waals surface area (Å²) in [6, 6.07) is 0. The van der Waals surface area contributed by atoms with E-state index in [0.29, 0.717) is 6.10 Å². The van der Waals surface area contributed by atoms with Gasteiger partial charge in [-0.3, -0.25) is 4.90 Å². The minimum absolute atomic E-state index is 0.0110. The van der Waals surface area contributed by atoms with E-state index in [1.54, 1.807) is 0 Å². The van der Waals surface area contributed by atoms with Gasteiger partial charge in [0.1, 0.15) is 0 Å². The van der Waals surface area contributed by atoms with E-state index in [1.807, 2.05) is 0 Å². The standard InChI is InChI=1S/C12H23NO3/c1-12(2)4-3-10(16-12)7-13-5-6-15-11(8-13)9-14/h10-11,14H,3-9H2,1-2H3. The highest BCUT2D eigenvalue weighted by atomic mass is 16.5. The normalized spacial score (nSPS) is 35.4. The fraction of sp³-hybridized carbons (Fsp3) is 1.00. The number of morpholine rings is 1. The first kappa shape index (κ1) is 12.3. The molecule has 0 aromatic heterocycles. The summed E-state index contributed by atoms with van der Waals surface area (Å²) in [6.07, 6.45) is 2.63. The maximum Gasteiger partial charge on any atom is 0.0932 e. The van der Waals surface area contributed by atoms with E-state index < -0.39 is 0 Å². The van der Waals surface area contributed by atoms with Crippen molar-refractivity contribution in [2.75, 3.05) is 32.8 Å². The third-order valence-electron chi connectivity index (χ3n) is 3.44. The van der Waals surface area contributed by atoms with Gasteiger partial charge in [0.05, 0.1) is 31.0 Å². The van der Waals surface area contributed by atoms with Gasteiger partial charge in [-0.25, -0.2) is 0 Å². The van der Waals surface area contributed by atoms with Gasteiger partial charge in [0.25, 0.3) is 0 Å². The first-order valence-electron chi connectivity index (χ1n) is 6.22. The van der Waals surface area contributed by atoms with Crippen molar-refractivity contribution in [2.45, 2.75) is 44.5 Å². The molecule has 2 fully saturated rings. The lowest BCUT2D eigenvalue weighted by Crippen LogP contribution is -2.46. The molecule has 2 unspecified atom stereocenters. The van der Waals surface area contributed by atoms with E-state index in [4.69, 9.17) is 14.6 Å². The fourth-order valence-corrected chi connectivity index (χ4v) is 2.55. The van der Waals surface area contributed by atoms with Gasteiger partial charge in [0.15, 0.2) is 0 Å². The van der Waals surface area contributed by atoms with Crippen LogP contribution in [0.25, 0.3) is 0 Å². The molecule has 0 bridgehead atoms. The van der Waals surface area contributed by atoms with E-state index >= 15 is 0 Å². The second-order valence-electron chi connectivity index (χ2n) is 5.47. The second kappa shape index (κ2) is 5.00. The third kappa shape index (κ3) is 3.17. The molecule has 2 rings (SSSR count). The Hall–Kier alpha value is -0.160. The summed E-state index contributed by atoms with van der Waals surface area (Å²) in [6.45, 7) is 7.91. The van der Waals surface area contributed by atoms with Crippen molar-refractivity contribution >= 4 is 0 Å². The predicted octanol–water partition coefficient (Wildman–Crippen LogP) is 0.637. The Morgan fingerprint density at radius 2 is 2.19 bits per heavy atom. The van der Waals surface area contributed by atoms with Crippen molar-refractivity contribution in [1.29, 1.82) is 0 Å². The quantitative estimate of drug-likeness (QED) is 0.771. The lowest BCUT2D eigenvalue weighted by molar-refractivity contribution is -0.0767. The number of hydrogen-bond donors (Lipinski definition) is 1. The summed E-state index contributed by atoms with van der Waals surface area (Å²) in [5.41, 5.74) is 0.0489. The number of aliphatic hydroxyl groups is 1. The molecule has 2 saturated heterocycles. The van der Waals surface area contributed by atoms with Crippen molar-refractivity contribution in [2.24, 2.45) is 0 Å². The van der Waals surface area contributed by atoms with Crippen molar-refractivity contribution < 1.29 is 14.6 Å². The number of rotatable bonds is 3. The number of hydrogen-bond acceptors (Lipinski definition) is 4. The van der Waals surface area contributed by atoms with Crippen LogP contribution in [0.15, 0.2) is 0 Å². The SMILES string of the molecule is CC1(C)CCC(CN2CCOC(CO)C2)O1. The second-order valence-corrected chi connectivity index (χ2v) is 5.47. The molecule has 16 heavy (non-hydrogen) atoms. The monoisotopic (exact) mass is 229 g/mol. The highest BCUT2D eigenvalue weighted by Gasteiger charge is 2.33. The lowest BCUT2D eigenvalue weighted by atomic mass is 10.1. The van der Waals surface area contributed by atoms with E-state index in [9.17, 15) is 0 Å². The molecule has 0 aromatic carbocycles. The summed E-state index contributed by atoms with van der Waals surface area (Å²) in [5, 5.41) is 9.07. The molecule has 2 heterocycles. The molecule has 4 nitrogen and oxygen atoms in total. The van der Waals surface area contributed by atoms with Crippen LogP contribution >= 0.6 is 0 Å². The van der Waals surface area contributed by atoms with Gasteiger partial charge in [-0.05, 0) is 26.7 Å². The highest BCUT2D eigenvalue weighted by Crippen LogP contribution is 2.29. The molecular formula is C12H23NO3. The molecule has 2 atom stereocenters. The first-order chi connectivity index (χ1) is 7.59. The fourth-order valence-electron chi connectivity index (χ4n) is 2.55. The summed E-state index contributed by atoms with van der Waals surface area (Å²) in [4.78, 5) is 2.34. The zero-order chi connectivity index (χ0) is 11.6. The molecule has 0 aliphatic carbocycles. The average Bonchev–Trinajstić information content (AvgIpc) is 2.58. The van der Waals surface area contributed by atoms with Crippen LogP contribution in [-0.2, 0) is 9.47 Å². The van der Waals surface area contributed by atoms with Crippen LogP contribution in [0, 0.1) is 0 Å². The summed E-state index contributed by atoms with van der Waals surface area (Å²) in [5.74, 6) is 0. The van der Waals surface area contributed by atoms with Crippen molar-refractivity contribution in [3.8, 4) is 0 Å². The predicted molar refractivity (Wildman–Crippen MR) is 61.5 cm³/mol. The number of nitrogens with zero attached hydrogens (tertiary/aromatic N) is 1. The van der Waals surface area contributed by atoms with Crippen molar-refractivity contribution in [3.05, 3.63) is 0 Å². The van der Waals surface area contributed by atoms with Crippen molar-refractivity contribution in [3.63, 3.8) is 0 Å². The van der Waals surface area contributed by atoms with Crippen LogP contribution in [0.5, 0.6) is 0 Å². The zero-order valence-electron chi connectivity index (χ0n) is 10.3. The van der Waals surface area contributed by atoms with Gasteiger partial charge in [-0.2, -0.15) is 0 Å². The zero-order valence-corrected chi connectivity index (χ0v) is 10.3. The minimum Gasteiger partial charge on any atom is -0.394 e. The van der Waals surface area contributed by atoms with Gasteiger partial charge in [-0.1, -0.05) is 0 Å². The Labute approximate surface area is 97.5 Å². The van der Waals surface area contributed by atoms with Crippen LogP contribution in [0.3, 0.4) is 0 Å². The molecule has 0 amide bonds. The highest BCUT2D eigenvalue weighted by molar-refractivity contribution is 4.83. The summed E-state index contributed by atoms with van der Waals surface area (Å²) < 4.78 is 11.4. The molecule has 0 spiro atoms. The molecule has 94 valence electrons. The lowest BCUT2D eigenvalue weighted by Gasteiger charge is -2.33. The maximum atomic E-state index is 9.07. The van der Waals surface area contributed by atoms with Gasteiger partial charge in [0.2, 0.25) is 0 Å². The number of ether oxygens (including phenoxy) is 2. The minimum atomic E-state index is -0.0110. The van der Waals surface area contributed by atoms with Crippen LogP contribution in [0.2, 0.25) is 0 Å². The Morgan fingerprint density at radius 1 is 1.38 bits per heavy atom. The molecule has 0 aromatic rings. The summed E-state index contributed by atoms with van der Waals surface area (Å²) >= 11 is 0. The molecule has 0 radical (unpaired) electrons. The molecular weight excluding hydrogens is 206 g/mol. The first-order valence-corrected chi connectivity index (χ1v) is 6.22. The van der Waals surface area contributed by atoms with Crippen LogP contribution in [-0.4, -0.2) is 60.7 Å². The maximum absolute atomic E-state index is 9.07. The Balaban J connectivity index is 1.77. The Kier molecular flexibility index (Phi) is 3.85.